The molecule has 1 unspecified atom stereocenters. The lowest BCUT2D eigenvalue weighted by atomic mass is 9.78. The van der Waals surface area contributed by atoms with Crippen molar-refractivity contribution < 1.29 is 9.66 Å². The number of hydrogen-bond acceptors (Lipinski definition) is 5. The zero-order chi connectivity index (χ0) is 25.8. The molecule has 1 saturated heterocycles. The maximum Gasteiger partial charge on any atom is 0.292 e. The number of fused-ring (bicyclic) bond motifs is 1. The summed E-state index contributed by atoms with van der Waals surface area (Å²) in [6.45, 7) is 16.2. The lowest BCUT2D eigenvalue weighted by Crippen LogP contribution is -2.47. The molecule has 1 atom stereocenters. The van der Waals surface area contributed by atoms with Gasteiger partial charge in [-0.25, -0.2) is 0 Å². The number of benzene rings is 3. The number of aryl methyl sites for hydroxylation is 1. The van der Waals surface area contributed by atoms with Crippen molar-refractivity contribution in [1.29, 1.82) is 0 Å². The third-order valence-electron chi connectivity index (χ3n) is 8.04. The number of hydrogen-bond donors (Lipinski definition) is 0. The fourth-order valence-corrected chi connectivity index (χ4v) is 6.14. The Bertz CT molecular complexity index is 1320. The highest BCUT2D eigenvalue weighted by atomic mass is 16.6. The Morgan fingerprint density at radius 3 is 2.11 bits per heavy atom. The lowest BCUT2D eigenvalue weighted by Gasteiger charge is -2.39. The van der Waals surface area contributed by atoms with E-state index in [9.17, 15) is 10.1 Å². The zero-order valence-electron chi connectivity index (χ0n) is 22.1. The molecule has 3 aromatic rings. The normalized spacial score (nSPS) is 18.7. The molecule has 0 aliphatic carbocycles. The first-order valence-corrected chi connectivity index (χ1v) is 12.7. The fourth-order valence-electron chi connectivity index (χ4n) is 6.14. The number of nitrogens with zero attached hydrogens (tertiary/aromatic N) is 3. The summed E-state index contributed by atoms with van der Waals surface area (Å²) in [5.41, 5.74) is 9.39. The maximum atomic E-state index is 11.6. The third-order valence-corrected chi connectivity index (χ3v) is 8.04. The molecule has 6 heteroatoms. The van der Waals surface area contributed by atoms with E-state index in [0.29, 0.717) is 5.69 Å². The van der Waals surface area contributed by atoms with E-state index in [0.717, 1.165) is 31.9 Å². The topological polar surface area (TPSA) is 58.9 Å². The van der Waals surface area contributed by atoms with Gasteiger partial charge in [-0.1, -0.05) is 42.0 Å². The van der Waals surface area contributed by atoms with E-state index in [1.807, 2.05) is 12.1 Å². The monoisotopic (exact) mass is 485 g/mol. The second kappa shape index (κ2) is 8.84. The molecular formula is C30H35N3O3. The van der Waals surface area contributed by atoms with Crippen LogP contribution >= 0.6 is 0 Å². The minimum atomic E-state index is -0.344. The fraction of sp³-hybridized carbons (Fsp3) is 0.400. The quantitative estimate of drug-likeness (QED) is 0.314. The molecule has 1 fully saturated rings. The Balaban J connectivity index is 1.51. The van der Waals surface area contributed by atoms with Gasteiger partial charge in [0.05, 0.1) is 10.8 Å². The van der Waals surface area contributed by atoms with Crippen molar-refractivity contribution in [3.8, 4) is 5.75 Å². The molecule has 2 aliphatic heterocycles. The second-order valence-corrected chi connectivity index (χ2v) is 10.7. The number of nitro benzene ring substituents is 1. The number of rotatable bonds is 4. The first-order chi connectivity index (χ1) is 17.1. The molecule has 2 aliphatic rings. The predicted octanol–water partition coefficient (Wildman–Crippen LogP) is 6.46. The van der Waals surface area contributed by atoms with Crippen molar-refractivity contribution in [2.24, 2.45) is 0 Å². The Hall–Kier alpha value is -3.54. The van der Waals surface area contributed by atoms with Crippen LogP contribution < -0.4 is 14.5 Å². The summed E-state index contributed by atoms with van der Waals surface area (Å²) in [6, 6.07) is 15.9. The van der Waals surface area contributed by atoms with Gasteiger partial charge in [-0.3, -0.25) is 10.1 Å². The van der Waals surface area contributed by atoms with Crippen molar-refractivity contribution in [1.82, 2.24) is 0 Å². The van der Waals surface area contributed by atoms with Gasteiger partial charge in [0.2, 0.25) is 0 Å². The van der Waals surface area contributed by atoms with Crippen LogP contribution in [0.2, 0.25) is 0 Å². The van der Waals surface area contributed by atoms with Crippen molar-refractivity contribution >= 4 is 17.1 Å². The van der Waals surface area contributed by atoms with Crippen LogP contribution in [0.4, 0.5) is 17.1 Å². The maximum absolute atomic E-state index is 11.6. The van der Waals surface area contributed by atoms with E-state index in [2.05, 4.69) is 75.6 Å². The van der Waals surface area contributed by atoms with Gasteiger partial charge in [0.1, 0.15) is 17.0 Å². The highest BCUT2D eigenvalue weighted by Gasteiger charge is 2.45. The van der Waals surface area contributed by atoms with Gasteiger partial charge in [-0.05, 0) is 69.9 Å². The first-order valence-electron chi connectivity index (χ1n) is 12.7. The predicted molar refractivity (Wildman–Crippen MR) is 146 cm³/mol. The van der Waals surface area contributed by atoms with Crippen molar-refractivity contribution in [2.75, 3.05) is 36.0 Å². The van der Waals surface area contributed by atoms with Gasteiger partial charge in [0, 0.05) is 43.5 Å². The summed E-state index contributed by atoms with van der Waals surface area (Å²) < 4.78 is 6.65. The van der Waals surface area contributed by atoms with Gasteiger partial charge in [-0.2, -0.15) is 0 Å². The van der Waals surface area contributed by atoms with Gasteiger partial charge >= 0.3 is 0 Å². The van der Waals surface area contributed by atoms with Crippen LogP contribution in [-0.2, 0) is 0 Å². The molecule has 0 bridgehead atoms. The Kier molecular flexibility index (Phi) is 5.93. The molecule has 0 N–H and O–H groups in total. The van der Waals surface area contributed by atoms with Crippen molar-refractivity contribution in [3.63, 3.8) is 0 Å². The summed E-state index contributed by atoms with van der Waals surface area (Å²) in [6.07, 6.45) is 0. The molecule has 6 nitrogen and oxygen atoms in total. The molecule has 0 radical (unpaired) electrons. The molecular weight excluding hydrogens is 450 g/mol. The van der Waals surface area contributed by atoms with E-state index in [1.165, 1.54) is 39.1 Å². The summed E-state index contributed by atoms with van der Waals surface area (Å²) in [7, 11) is 0. The second-order valence-electron chi connectivity index (χ2n) is 10.7. The van der Waals surface area contributed by atoms with Crippen LogP contribution in [0, 0.1) is 37.8 Å². The van der Waals surface area contributed by atoms with E-state index < -0.39 is 0 Å². The largest absolute Gasteiger partial charge is 0.486 e. The Labute approximate surface area is 213 Å². The van der Waals surface area contributed by atoms with Gasteiger partial charge < -0.3 is 14.5 Å². The number of nitro groups is 1. The molecule has 188 valence electrons. The number of para-hydroxylation sites is 2. The third kappa shape index (κ3) is 3.89. The van der Waals surface area contributed by atoms with E-state index in [1.54, 1.807) is 12.1 Å². The van der Waals surface area contributed by atoms with Crippen LogP contribution in [0.25, 0.3) is 0 Å². The average molecular weight is 486 g/mol. The molecule has 0 spiro atoms. The molecule has 0 saturated carbocycles. The minimum Gasteiger partial charge on any atom is -0.486 e. The first kappa shape index (κ1) is 24.2. The highest BCUT2D eigenvalue weighted by Crippen LogP contribution is 2.54. The van der Waals surface area contributed by atoms with Crippen LogP contribution in [0.3, 0.4) is 0 Å². The lowest BCUT2D eigenvalue weighted by molar-refractivity contribution is -0.384. The molecule has 3 aromatic carbocycles. The number of anilines is 2. The number of piperazine rings is 1. The van der Waals surface area contributed by atoms with Crippen LogP contribution in [0.5, 0.6) is 5.75 Å². The van der Waals surface area contributed by atoms with Crippen molar-refractivity contribution in [2.45, 2.75) is 53.1 Å². The SMILES string of the molecule is Cc1ccc(C2c3c(C)c(N4CCN(c5ccccc5[N+](=O)[O-])CC4)c(C)c(C)c3OC2(C)C)cc1. The van der Waals surface area contributed by atoms with Gasteiger partial charge in [0.15, 0.2) is 0 Å². The van der Waals surface area contributed by atoms with E-state index in [-0.39, 0.29) is 22.1 Å². The summed E-state index contributed by atoms with van der Waals surface area (Å²) in [5, 5.41) is 11.6. The standard InChI is InChI=1S/C30H35N3O3/c1-19-11-13-23(14-12-19)27-26-22(4)28(20(2)21(3)29(26)36-30(27,5)6)32-17-15-31(16-18-32)24-9-7-8-10-25(24)33(34)35/h7-14,27H,15-18H2,1-6H3. The van der Waals surface area contributed by atoms with Gasteiger partial charge in [0.25, 0.3) is 5.69 Å². The van der Waals surface area contributed by atoms with E-state index in [4.69, 9.17) is 4.74 Å². The van der Waals surface area contributed by atoms with E-state index >= 15 is 0 Å². The smallest absolute Gasteiger partial charge is 0.292 e. The van der Waals surface area contributed by atoms with Crippen molar-refractivity contribution in [3.05, 3.63) is 92.0 Å². The molecule has 0 amide bonds. The minimum absolute atomic E-state index is 0.152. The summed E-state index contributed by atoms with van der Waals surface area (Å²) >= 11 is 0. The molecule has 5 rings (SSSR count). The van der Waals surface area contributed by atoms with Crippen LogP contribution in [0.15, 0.2) is 48.5 Å². The number of ether oxygens (including phenoxy) is 1. The van der Waals surface area contributed by atoms with Crippen LogP contribution in [0.1, 0.15) is 53.1 Å². The summed E-state index contributed by atoms with van der Waals surface area (Å²) in [4.78, 5) is 15.9. The van der Waals surface area contributed by atoms with Crippen LogP contribution in [-0.4, -0.2) is 36.7 Å². The molecule has 2 heterocycles. The summed E-state index contributed by atoms with van der Waals surface area (Å²) in [5.74, 6) is 1.18. The highest BCUT2D eigenvalue weighted by molar-refractivity contribution is 5.73. The van der Waals surface area contributed by atoms with Gasteiger partial charge in [-0.15, -0.1) is 0 Å². The average Bonchev–Trinajstić information content (AvgIpc) is 3.15. The molecule has 0 aromatic heterocycles. The molecule has 36 heavy (non-hydrogen) atoms. The zero-order valence-corrected chi connectivity index (χ0v) is 22.1. The Morgan fingerprint density at radius 2 is 1.47 bits per heavy atom. The Morgan fingerprint density at radius 1 is 0.861 bits per heavy atom.